The molecule has 0 heterocycles. The lowest BCUT2D eigenvalue weighted by Gasteiger charge is -2.22. The zero-order chi connectivity index (χ0) is 16.2. The quantitative estimate of drug-likeness (QED) is 0.847. The summed E-state index contributed by atoms with van der Waals surface area (Å²) >= 11 is 0. The van der Waals surface area contributed by atoms with Gasteiger partial charge >= 0.3 is 0 Å². The molecular weight excluding hydrogens is 272 g/mol. The molecule has 0 radical (unpaired) electrons. The first kappa shape index (κ1) is 16.4. The first-order valence-electron chi connectivity index (χ1n) is 7.70. The number of aldehydes is 1. The maximum atomic E-state index is 10.8. The Kier molecular flexibility index (Phi) is 5.15. The molecule has 0 saturated carbocycles. The molecule has 0 saturated heterocycles. The number of rotatable bonds is 5. The standard InChI is InChI=1S/C20H24O2/c1-20(2,3)18-12-16(9-10-21)11-17(14-18)19(22)13-15-7-5-4-6-8-15/h4-8,10-12,14,19,22H,9,13H2,1-3H3. The van der Waals surface area contributed by atoms with E-state index >= 15 is 0 Å². The zero-order valence-corrected chi connectivity index (χ0v) is 13.5. The highest BCUT2D eigenvalue weighted by molar-refractivity contribution is 5.56. The van der Waals surface area contributed by atoms with Gasteiger partial charge in [0.15, 0.2) is 0 Å². The number of carbonyl (C=O) groups excluding carboxylic acids is 1. The van der Waals surface area contributed by atoms with Gasteiger partial charge in [0.1, 0.15) is 6.29 Å². The predicted octanol–water partition coefficient (Wildman–Crippen LogP) is 4.00. The smallest absolute Gasteiger partial charge is 0.124 e. The van der Waals surface area contributed by atoms with Gasteiger partial charge in [-0.3, -0.25) is 0 Å². The minimum absolute atomic E-state index is 0.0138. The summed E-state index contributed by atoms with van der Waals surface area (Å²) in [5.41, 5.74) is 4.08. The maximum absolute atomic E-state index is 10.8. The summed E-state index contributed by atoms with van der Waals surface area (Å²) in [6.07, 6.45) is 1.31. The normalized spacial score (nSPS) is 12.9. The van der Waals surface area contributed by atoms with Gasteiger partial charge in [0.2, 0.25) is 0 Å². The Morgan fingerprint density at radius 3 is 2.32 bits per heavy atom. The molecule has 1 unspecified atom stereocenters. The minimum Gasteiger partial charge on any atom is -0.388 e. The topological polar surface area (TPSA) is 37.3 Å². The van der Waals surface area contributed by atoms with Crippen LogP contribution in [0.5, 0.6) is 0 Å². The summed E-state index contributed by atoms with van der Waals surface area (Å²) < 4.78 is 0. The van der Waals surface area contributed by atoms with Crippen molar-refractivity contribution in [2.24, 2.45) is 0 Å². The molecule has 0 aromatic heterocycles. The van der Waals surface area contributed by atoms with Crippen molar-refractivity contribution in [1.29, 1.82) is 0 Å². The second kappa shape index (κ2) is 6.89. The van der Waals surface area contributed by atoms with Crippen LogP contribution in [0.25, 0.3) is 0 Å². The summed E-state index contributed by atoms with van der Waals surface area (Å²) in [6, 6.07) is 16.0. The summed E-state index contributed by atoms with van der Waals surface area (Å²) in [6.45, 7) is 6.42. The lowest BCUT2D eigenvalue weighted by Crippen LogP contribution is -2.13. The number of hydrogen-bond donors (Lipinski definition) is 1. The van der Waals surface area contributed by atoms with Gasteiger partial charge in [-0.15, -0.1) is 0 Å². The van der Waals surface area contributed by atoms with Gasteiger partial charge in [-0.25, -0.2) is 0 Å². The van der Waals surface area contributed by atoms with Crippen LogP contribution in [0.3, 0.4) is 0 Å². The number of benzene rings is 2. The van der Waals surface area contributed by atoms with Gasteiger partial charge in [0.25, 0.3) is 0 Å². The average Bonchev–Trinajstić information content (AvgIpc) is 2.47. The zero-order valence-electron chi connectivity index (χ0n) is 13.5. The Labute approximate surface area is 132 Å². The van der Waals surface area contributed by atoms with E-state index in [1.165, 1.54) is 0 Å². The van der Waals surface area contributed by atoms with Gasteiger partial charge in [-0.05, 0) is 27.7 Å². The van der Waals surface area contributed by atoms with Crippen LogP contribution in [0.2, 0.25) is 0 Å². The van der Waals surface area contributed by atoms with Crippen LogP contribution in [0.4, 0.5) is 0 Å². The van der Waals surface area contributed by atoms with E-state index in [1.807, 2.05) is 36.4 Å². The number of aliphatic hydroxyl groups excluding tert-OH is 1. The molecule has 0 aliphatic rings. The Balaban J connectivity index is 2.32. The molecule has 0 aliphatic carbocycles. The second-order valence-electron chi connectivity index (χ2n) is 6.79. The van der Waals surface area contributed by atoms with Gasteiger partial charge < -0.3 is 9.90 Å². The Morgan fingerprint density at radius 1 is 1.05 bits per heavy atom. The Bertz CT molecular complexity index is 624. The molecule has 2 aromatic rings. The molecule has 2 rings (SSSR count). The van der Waals surface area contributed by atoms with Crippen molar-refractivity contribution < 1.29 is 9.90 Å². The van der Waals surface area contributed by atoms with E-state index in [2.05, 4.69) is 32.9 Å². The van der Waals surface area contributed by atoms with Crippen molar-refractivity contribution in [3.63, 3.8) is 0 Å². The molecule has 1 N–H and O–H groups in total. The molecule has 2 heteroatoms. The highest BCUT2D eigenvalue weighted by atomic mass is 16.3. The minimum atomic E-state index is -0.560. The van der Waals surface area contributed by atoms with E-state index in [-0.39, 0.29) is 5.41 Å². The van der Waals surface area contributed by atoms with Crippen molar-refractivity contribution in [2.45, 2.75) is 45.1 Å². The van der Waals surface area contributed by atoms with E-state index in [0.29, 0.717) is 12.8 Å². The first-order chi connectivity index (χ1) is 10.4. The molecule has 0 aliphatic heterocycles. The molecule has 0 bridgehead atoms. The average molecular weight is 296 g/mol. The SMILES string of the molecule is CC(C)(C)c1cc(CC=O)cc(C(O)Cc2ccccc2)c1. The highest BCUT2D eigenvalue weighted by Crippen LogP contribution is 2.28. The molecule has 1 atom stereocenters. The van der Waals surface area contributed by atoms with Crippen molar-refractivity contribution in [3.8, 4) is 0 Å². The number of hydrogen-bond acceptors (Lipinski definition) is 2. The molecule has 0 amide bonds. The van der Waals surface area contributed by atoms with Gasteiger partial charge in [0, 0.05) is 12.8 Å². The van der Waals surface area contributed by atoms with Crippen LogP contribution in [0.1, 0.15) is 49.1 Å². The lowest BCUT2D eigenvalue weighted by molar-refractivity contribution is -0.107. The van der Waals surface area contributed by atoms with Crippen LogP contribution < -0.4 is 0 Å². The van der Waals surface area contributed by atoms with Crippen molar-refractivity contribution in [3.05, 3.63) is 70.8 Å². The second-order valence-corrected chi connectivity index (χ2v) is 6.79. The van der Waals surface area contributed by atoms with E-state index in [0.717, 1.165) is 28.5 Å². The highest BCUT2D eigenvalue weighted by Gasteiger charge is 2.18. The van der Waals surface area contributed by atoms with Gasteiger partial charge in [0.05, 0.1) is 6.10 Å². The monoisotopic (exact) mass is 296 g/mol. The molecular formula is C20H24O2. The summed E-state index contributed by atoms with van der Waals surface area (Å²) in [5.74, 6) is 0. The third kappa shape index (κ3) is 4.28. The van der Waals surface area contributed by atoms with E-state index in [9.17, 15) is 9.90 Å². The third-order valence-corrected chi connectivity index (χ3v) is 3.86. The predicted molar refractivity (Wildman–Crippen MR) is 90.0 cm³/mol. The number of aliphatic hydroxyl groups is 1. The fraction of sp³-hybridized carbons (Fsp3) is 0.350. The summed E-state index contributed by atoms with van der Waals surface area (Å²) in [7, 11) is 0. The Hall–Kier alpha value is -1.93. The lowest BCUT2D eigenvalue weighted by atomic mass is 9.83. The molecule has 0 spiro atoms. The Morgan fingerprint density at radius 2 is 1.73 bits per heavy atom. The molecule has 2 nitrogen and oxygen atoms in total. The van der Waals surface area contributed by atoms with Crippen molar-refractivity contribution in [1.82, 2.24) is 0 Å². The van der Waals surface area contributed by atoms with Crippen LogP contribution >= 0.6 is 0 Å². The fourth-order valence-corrected chi connectivity index (χ4v) is 2.51. The van der Waals surface area contributed by atoms with E-state index in [1.54, 1.807) is 0 Å². The van der Waals surface area contributed by atoms with Crippen LogP contribution in [0, 0.1) is 0 Å². The van der Waals surface area contributed by atoms with Gasteiger partial charge in [-0.2, -0.15) is 0 Å². The van der Waals surface area contributed by atoms with Crippen LogP contribution in [-0.4, -0.2) is 11.4 Å². The molecule has 116 valence electrons. The van der Waals surface area contributed by atoms with Crippen molar-refractivity contribution in [2.75, 3.05) is 0 Å². The maximum Gasteiger partial charge on any atom is 0.124 e. The molecule has 22 heavy (non-hydrogen) atoms. The first-order valence-corrected chi connectivity index (χ1v) is 7.70. The van der Waals surface area contributed by atoms with Gasteiger partial charge in [-0.1, -0.05) is 69.3 Å². The fourth-order valence-electron chi connectivity index (χ4n) is 2.51. The largest absolute Gasteiger partial charge is 0.388 e. The van der Waals surface area contributed by atoms with E-state index in [4.69, 9.17) is 0 Å². The summed E-state index contributed by atoms with van der Waals surface area (Å²) in [4.78, 5) is 10.8. The third-order valence-electron chi connectivity index (χ3n) is 3.86. The van der Waals surface area contributed by atoms with Crippen LogP contribution in [0.15, 0.2) is 48.5 Å². The van der Waals surface area contributed by atoms with Crippen molar-refractivity contribution >= 4 is 6.29 Å². The van der Waals surface area contributed by atoms with Crippen LogP contribution in [-0.2, 0) is 23.1 Å². The number of carbonyl (C=O) groups is 1. The summed E-state index contributed by atoms with van der Waals surface area (Å²) in [5, 5.41) is 10.6. The van der Waals surface area contributed by atoms with E-state index < -0.39 is 6.10 Å². The molecule has 2 aromatic carbocycles. The molecule has 0 fully saturated rings.